The zero-order valence-corrected chi connectivity index (χ0v) is 14.0. The van der Waals surface area contributed by atoms with Gasteiger partial charge in [-0.3, -0.25) is 0 Å². The van der Waals surface area contributed by atoms with Crippen molar-refractivity contribution in [3.05, 3.63) is 33.9 Å². The van der Waals surface area contributed by atoms with Crippen LogP contribution in [-0.2, 0) is 0 Å². The Morgan fingerprint density at radius 3 is 2.00 bits per heavy atom. The molecule has 0 atom stereocenters. The minimum absolute atomic E-state index is 0.137. The number of methoxy groups -OCH3 is 3. The summed E-state index contributed by atoms with van der Waals surface area (Å²) in [6.45, 7) is 0. The summed E-state index contributed by atoms with van der Waals surface area (Å²) < 4.78 is 22.5. The smallest absolute Gasteiger partial charge is 0.203 e. The lowest BCUT2D eigenvalue weighted by atomic mass is 10.2. The summed E-state index contributed by atoms with van der Waals surface area (Å²) in [6, 6.07) is 8.31. The van der Waals surface area contributed by atoms with Gasteiger partial charge in [0.2, 0.25) is 5.75 Å². The van der Waals surface area contributed by atoms with Crippen molar-refractivity contribution < 1.29 is 24.1 Å². The number of hydrogen-bond donors (Lipinski definition) is 1. The Kier molecular flexibility index (Phi) is 5.00. The molecular formula is C15H15IO5. The molecule has 0 amide bonds. The number of phenols is 1. The Morgan fingerprint density at radius 1 is 0.857 bits per heavy atom. The number of ether oxygens (including phenoxy) is 4. The fraction of sp³-hybridized carbons (Fsp3) is 0.200. The maximum absolute atomic E-state index is 9.55. The maximum Gasteiger partial charge on any atom is 0.203 e. The molecule has 0 aromatic heterocycles. The van der Waals surface area contributed by atoms with E-state index < -0.39 is 0 Å². The molecule has 2 aromatic rings. The van der Waals surface area contributed by atoms with Crippen molar-refractivity contribution in [2.45, 2.75) is 0 Å². The van der Waals surface area contributed by atoms with Crippen LogP contribution in [0.5, 0.6) is 34.5 Å². The van der Waals surface area contributed by atoms with E-state index in [0.29, 0.717) is 28.7 Å². The predicted molar refractivity (Wildman–Crippen MR) is 87.0 cm³/mol. The van der Waals surface area contributed by atoms with Crippen LogP contribution in [0, 0.1) is 3.57 Å². The van der Waals surface area contributed by atoms with E-state index >= 15 is 0 Å². The van der Waals surface area contributed by atoms with Gasteiger partial charge in [0.25, 0.3) is 0 Å². The predicted octanol–water partition coefficient (Wildman–Crippen LogP) is 3.81. The molecule has 0 aliphatic heterocycles. The summed E-state index contributed by atoms with van der Waals surface area (Å²) in [5, 5.41) is 9.55. The average Bonchev–Trinajstić information content (AvgIpc) is 2.49. The number of benzene rings is 2. The summed E-state index contributed by atoms with van der Waals surface area (Å²) in [6.07, 6.45) is 0. The molecule has 0 bridgehead atoms. The van der Waals surface area contributed by atoms with E-state index in [1.165, 1.54) is 0 Å². The van der Waals surface area contributed by atoms with E-state index in [-0.39, 0.29) is 5.75 Å². The Morgan fingerprint density at radius 2 is 1.48 bits per heavy atom. The van der Waals surface area contributed by atoms with Crippen molar-refractivity contribution in [1.29, 1.82) is 0 Å². The van der Waals surface area contributed by atoms with Crippen molar-refractivity contribution in [2.24, 2.45) is 0 Å². The van der Waals surface area contributed by atoms with Crippen LogP contribution >= 0.6 is 22.6 Å². The highest BCUT2D eigenvalue weighted by Gasteiger charge is 2.15. The highest BCUT2D eigenvalue weighted by atomic mass is 127. The van der Waals surface area contributed by atoms with Gasteiger partial charge in [-0.15, -0.1) is 0 Å². The van der Waals surface area contributed by atoms with Gasteiger partial charge >= 0.3 is 0 Å². The number of hydrogen-bond acceptors (Lipinski definition) is 5. The Balaban J connectivity index is 2.42. The third kappa shape index (κ3) is 3.44. The third-order valence-corrected chi connectivity index (χ3v) is 3.67. The van der Waals surface area contributed by atoms with Gasteiger partial charge in [-0.1, -0.05) is 0 Å². The molecule has 0 saturated carbocycles. The van der Waals surface area contributed by atoms with Gasteiger partial charge in [0.15, 0.2) is 11.5 Å². The molecule has 5 nitrogen and oxygen atoms in total. The lowest BCUT2D eigenvalue weighted by Gasteiger charge is -2.15. The SMILES string of the molecule is COc1cc(Oc2cc(O)ccc2I)cc(OC)c1OC. The zero-order chi connectivity index (χ0) is 15.4. The van der Waals surface area contributed by atoms with Gasteiger partial charge in [0.05, 0.1) is 24.9 Å². The topological polar surface area (TPSA) is 57.2 Å². The molecule has 112 valence electrons. The Bertz CT molecular complexity index is 617. The van der Waals surface area contributed by atoms with Gasteiger partial charge in [0, 0.05) is 18.2 Å². The Hall–Kier alpha value is -1.83. The molecular weight excluding hydrogens is 387 g/mol. The number of phenolic OH excluding ortho intramolecular Hbond substituents is 1. The largest absolute Gasteiger partial charge is 0.508 e. The van der Waals surface area contributed by atoms with Crippen molar-refractivity contribution >= 4 is 22.6 Å². The number of rotatable bonds is 5. The fourth-order valence-electron chi connectivity index (χ4n) is 1.81. The third-order valence-electron chi connectivity index (χ3n) is 2.78. The standard InChI is InChI=1S/C15H15IO5/c1-18-13-7-10(8-14(19-2)15(13)20-3)21-12-6-9(17)4-5-11(12)16/h4-8,17H,1-3H3. The summed E-state index contributed by atoms with van der Waals surface area (Å²) in [5.74, 6) is 2.71. The summed E-state index contributed by atoms with van der Waals surface area (Å²) in [7, 11) is 4.62. The molecule has 21 heavy (non-hydrogen) atoms. The minimum atomic E-state index is 0.137. The highest BCUT2D eigenvalue weighted by molar-refractivity contribution is 14.1. The number of aromatic hydroxyl groups is 1. The summed E-state index contributed by atoms with van der Waals surface area (Å²) >= 11 is 2.13. The van der Waals surface area contributed by atoms with Gasteiger partial charge < -0.3 is 24.1 Å². The van der Waals surface area contributed by atoms with Crippen LogP contribution in [0.4, 0.5) is 0 Å². The fourth-order valence-corrected chi connectivity index (χ4v) is 2.26. The van der Waals surface area contributed by atoms with E-state index in [1.807, 2.05) is 0 Å². The van der Waals surface area contributed by atoms with E-state index in [9.17, 15) is 5.11 Å². The van der Waals surface area contributed by atoms with Crippen LogP contribution in [-0.4, -0.2) is 26.4 Å². The molecule has 0 unspecified atom stereocenters. The first-order valence-electron chi connectivity index (χ1n) is 6.05. The summed E-state index contributed by atoms with van der Waals surface area (Å²) in [4.78, 5) is 0. The van der Waals surface area contributed by atoms with E-state index in [1.54, 1.807) is 51.7 Å². The van der Waals surface area contributed by atoms with Gasteiger partial charge in [-0.05, 0) is 34.7 Å². The number of halogens is 1. The second-order valence-electron chi connectivity index (χ2n) is 4.08. The summed E-state index contributed by atoms with van der Waals surface area (Å²) in [5.41, 5.74) is 0. The zero-order valence-electron chi connectivity index (χ0n) is 11.8. The van der Waals surface area contributed by atoms with E-state index in [4.69, 9.17) is 18.9 Å². The second kappa shape index (κ2) is 6.75. The maximum atomic E-state index is 9.55. The van der Waals surface area contributed by atoms with Crippen LogP contribution < -0.4 is 18.9 Å². The van der Waals surface area contributed by atoms with Crippen LogP contribution in [0.3, 0.4) is 0 Å². The van der Waals surface area contributed by atoms with Crippen LogP contribution in [0.2, 0.25) is 0 Å². The first-order valence-corrected chi connectivity index (χ1v) is 7.13. The molecule has 2 rings (SSSR count). The molecule has 6 heteroatoms. The van der Waals surface area contributed by atoms with Crippen molar-refractivity contribution in [1.82, 2.24) is 0 Å². The molecule has 0 spiro atoms. The normalized spacial score (nSPS) is 10.1. The first kappa shape index (κ1) is 15.6. The van der Waals surface area contributed by atoms with Crippen LogP contribution in [0.15, 0.2) is 30.3 Å². The minimum Gasteiger partial charge on any atom is -0.508 e. The molecule has 0 saturated heterocycles. The molecule has 0 heterocycles. The quantitative estimate of drug-likeness (QED) is 0.771. The molecule has 0 aliphatic carbocycles. The molecule has 0 radical (unpaired) electrons. The molecule has 2 aromatic carbocycles. The lowest BCUT2D eigenvalue weighted by Crippen LogP contribution is -1.96. The van der Waals surface area contributed by atoms with Gasteiger partial charge in [-0.2, -0.15) is 0 Å². The Labute approximate surface area is 136 Å². The second-order valence-corrected chi connectivity index (χ2v) is 5.24. The van der Waals surface area contributed by atoms with Gasteiger partial charge in [-0.25, -0.2) is 0 Å². The highest BCUT2D eigenvalue weighted by Crippen LogP contribution is 2.42. The van der Waals surface area contributed by atoms with Crippen LogP contribution in [0.25, 0.3) is 0 Å². The van der Waals surface area contributed by atoms with Crippen molar-refractivity contribution in [2.75, 3.05) is 21.3 Å². The lowest BCUT2D eigenvalue weighted by molar-refractivity contribution is 0.321. The first-order chi connectivity index (χ1) is 10.1. The van der Waals surface area contributed by atoms with Crippen LogP contribution in [0.1, 0.15) is 0 Å². The van der Waals surface area contributed by atoms with E-state index in [0.717, 1.165) is 3.57 Å². The monoisotopic (exact) mass is 402 g/mol. The molecule has 0 fully saturated rings. The average molecular weight is 402 g/mol. The van der Waals surface area contributed by atoms with E-state index in [2.05, 4.69) is 22.6 Å². The van der Waals surface area contributed by atoms with Gasteiger partial charge in [0.1, 0.15) is 17.2 Å². The molecule has 0 aliphatic rings. The van der Waals surface area contributed by atoms with Crippen molar-refractivity contribution in [3.63, 3.8) is 0 Å². The molecule has 1 N–H and O–H groups in total. The van der Waals surface area contributed by atoms with Crippen molar-refractivity contribution in [3.8, 4) is 34.5 Å².